The largest absolute Gasteiger partial charge is 0.407 e. The minimum absolute atomic E-state index is 0.0541. The van der Waals surface area contributed by atoms with E-state index in [1.54, 1.807) is 21.0 Å². The molecule has 1 aliphatic carbocycles. The van der Waals surface area contributed by atoms with Gasteiger partial charge in [0, 0.05) is 18.6 Å². The van der Waals surface area contributed by atoms with Gasteiger partial charge in [0.25, 0.3) is 5.56 Å². The summed E-state index contributed by atoms with van der Waals surface area (Å²) in [6, 6.07) is -0.397. The lowest BCUT2D eigenvalue weighted by atomic mass is 10.0. The maximum Gasteiger partial charge on any atom is 0.407 e. The molecule has 2 rings (SSSR count). The molecule has 1 aromatic rings. The maximum absolute atomic E-state index is 13.0. The number of hydrogen-bond acceptors (Lipinski definition) is 10. The SMILES string of the molecule is C=C1[C@@H](Nc2nc(C)[nH]c(=O)c2N)C[C@H](O)[C@H]1COP(=O)(OCCSC(C)=O)N(C)C. The number of anilines is 2. The number of nitrogens with two attached hydrogens (primary N) is 1. The first-order valence-corrected chi connectivity index (χ1v) is 12.1. The second-order valence-electron chi connectivity index (χ2n) is 7.38. The van der Waals surface area contributed by atoms with Crippen LogP contribution in [0.25, 0.3) is 0 Å². The van der Waals surface area contributed by atoms with Crippen molar-refractivity contribution in [2.75, 3.05) is 44.1 Å². The lowest BCUT2D eigenvalue weighted by molar-refractivity contribution is -0.109. The monoisotopic (exact) mass is 475 g/mol. The van der Waals surface area contributed by atoms with E-state index in [4.69, 9.17) is 14.8 Å². The van der Waals surface area contributed by atoms with Crippen molar-refractivity contribution < 1.29 is 23.5 Å². The highest BCUT2D eigenvalue weighted by molar-refractivity contribution is 8.13. The van der Waals surface area contributed by atoms with Gasteiger partial charge in [-0.1, -0.05) is 18.3 Å². The molecular formula is C18H30N5O6PS. The highest BCUT2D eigenvalue weighted by Gasteiger charge is 2.39. The third kappa shape index (κ3) is 6.64. The minimum atomic E-state index is -3.61. The van der Waals surface area contributed by atoms with E-state index in [1.165, 1.54) is 11.6 Å². The van der Waals surface area contributed by atoms with Gasteiger partial charge in [-0.15, -0.1) is 0 Å². The van der Waals surface area contributed by atoms with Crippen LogP contribution in [0.3, 0.4) is 0 Å². The molecule has 174 valence electrons. The molecular weight excluding hydrogens is 445 g/mol. The van der Waals surface area contributed by atoms with Crippen LogP contribution in [-0.4, -0.2) is 70.1 Å². The molecule has 1 fully saturated rings. The maximum atomic E-state index is 13.0. The number of thioether (sulfide) groups is 1. The second kappa shape index (κ2) is 10.8. The molecule has 0 saturated heterocycles. The van der Waals surface area contributed by atoms with Crippen LogP contribution < -0.4 is 16.6 Å². The van der Waals surface area contributed by atoms with E-state index >= 15 is 0 Å². The van der Waals surface area contributed by atoms with Gasteiger partial charge in [-0.25, -0.2) is 14.2 Å². The van der Waals surface area contributed by atoms with E-state index < -0.39 is 31.4 Å². The van der Waals surface area contributed by atoms with Gasteiger partial charge < -0.3 is 21.1 Å². The average Bonchev–Trinajstić information content (AvgIpc) is 2.94. The molecule has 0 aliphatic heterocycles. The summed E-state index contributed by atoms with van der Waals surface area (Å²) < 4.78 is 25.4. The first-order chi connectivity index (χ1) is 14.4. The zero-order valence-electron chi connectivity index (χ0n) is 18.1. The fourth-order valence-electron chi connectivity index (χ4n) is 3.08. The predicted octanol–water partition coefficient (Wildman–Crippen LogP) is 1.36. The number of nitrogens with one attached hydrogen (secondary N) is 2. The Bertz CT molecular complexity index is 923. The van der Waals surface area contributed by atoms with Gasteiger partial charge in [-0.2, -0.15) is 0 Å². The normalized spacial score (nSPS) is 23.2. The molecule has 1 aromatic heterocycles. The standard InChI is InChI=1S/C18H30N5O6PS/c1-10-13(9-29-30(27,23(4)5)28-6-7-31-12(3)24)15(25)8-14(10)22-17-16(19)18(26)21-11(2)20-17/h13-15,25H,1,6-9,19H2,2-5H3,(H2,20,21,22,26)/t13-,14-,15-,30?/m0/s1. The summed E-state index contributed by atoms with van der Waals surface area (Å²) in [5, 5.41) is 13.5. The molecule has 1 heterocycles. The molecule has 0 bridgehead atoms. The molecule has 31 heavy (non-hydrogen) atoms. The van der Waals surface area contributed by atoms with Gasteiger partial charge in [0.1, 0.15) is 11.5 Å². The van der Waals surface area contributed by atoms with E-state index in [2.05, 4.69) is 21.9 Å². The van der Waals surface area contributed by atoms with Crippen LogP contribution >= 0.6 is 19.5 Å². The Morgan fingerprint density at radius 3 is 2.77 bits per heavy atom. The summed E-state index contributed by atoms with van der Waals surface area (Å²) in [5.74, 6) is 0.458. The Labute approximate surface area is 185 Å². The van der Waals surface area contributed by atoms with Crippen molar-refractivity contribution in [1.82, 2.24) is 14.6 Å². The van der Waals surface area contributed by atoms with E-state index in [1.807, 2.05) is 0 Å². The van der Waals surface area contributed by atoms with Gasteiger partial charge in [-0.3, -0.25) is 18.6 Å². The van der Waals surface area contributed by atoms with Crippen molar-refractivity contribution in [2.45, 2.75) is 32.4 Å². The van der Waals surface area contributed by atoms with Crippen LogP contribution in [0.2, 0.25) is 0 Å². The number of aryl methyl sites for hydroxylation is 1. The van der Waals surface area contributed by atoms with Crippen LogP contribution in [0.5, 0.6) is 0 Å². The Kier molecular flexibility index (Phi) is 8.87. The van der Waals surface area contributed by atoms with Gasteiger partial charge in [-0.05, 0) is 33.0 Å². The molecule has 4 atom stereocenters. The summed E-state index contributed by atoms with van der Waals surface area (Å²) in [6.07, 6.45) is -0.513. The van der Waals surface area contributed by atoms with Crippen LogP contribution in [0, 0.1) is 12.8 Å². The molecule has 13 heteroatoms. The number of carbonyl (C=O) groups excluding carboxylic acids is 1. The highest BCUT2D eigenvalue weighted by atomic mass is 32.2. The summed E-state index contributed by atoms with van der Waals surface area (Å²) >= 11 is 1.07. The number of rotatable bonds is 10. The van der Waals surface area contributed by atoms with E-state index in [0.29, 0.717) is 23.6 Å². The third-order valence-corrected chi connectivity index (χ3v) is 7.54. The molecule has 11 nitrogen and oxygen atoms in total. The van der Waals surface area contributed by atoms with Crippen LogP contribution in [0.4, 0.5) is 11.5 Å². The number of carbonyl (C=O) groups is 1. The van der Waals surface area contributed by atoms with Crippen molar-refractivity contribution in [2.24, 2.45) is 5.92 Å². The summed E-state index contributed by atoms with van der Waals surface area (Å²) in [7, 11) is -0.481. The van der Waals surface area contributed by atoms with Crippen LogP contribution in [-0.2, 0) is 18.4 Å². The first kappa shape index (κ1) is 25.6. The van der Waals surface area contributed by atoms with Crippen LogP contribution in [0.1, 0.15) is 19.2 Å². The molecule has 0 spiro atoms. The molecule has 0 aromatic carbocycles. The predicted molar refractivity (Wildman–Crippen MR) is 121 cm³/mol. The lowest BCUT2D eigenvalue weighted by Crippen LogP contribution is -2.25. The number of nitrogens with zero attached hydrogens (tertiary/aromatic N) is 2. The van der Waals surface area contributed by atoms with Crippen molar-refractivity contribution >= 4 is 36.1 Å². The van der Waals surface area contributed by atoms with Crippen LogP contribution in [0.15, 0.2) is 16.9 Å². The zero-order valence-corrected chi connectivity index (χ0v) is 19.8. The van der Waals surface area contributed by atoms with E-state index in [9.17, 15) is 19.3 Å². The lowest BCUT2D eigenvalue weighted by Gasteiger charge is -2.26. The fourth-order valence-corrected chi connectivity index (χ4v) is 4.87. The number of hydrogen-bond donors (Lipinski definition) is 4. The Hall–Kier alpha value is -1.69. The summed E-state index contributed by atoms with van der Waals surface area (Å²) in [4.78, 5) is 29.6. The van der Waals surface area contributed by atoms with Gasteiger partial charge >= 0.3 is 7.75 Å². The summed E-state index contributed by atoms with van der Waals surface area (Å²) in [6.45, 7) is 7.11. The molecule has 1 saturated carbocycles. The van der Waals surface area contributed by atoms with Gasteiger partial charge in [0.2, 0.25) is 0 Å². The smallest absolute Gasteiger partial charge is 0.392 e. The Morgan fingerprint density at radius 2 is 2.16 bits per heavy atom. The quantitative estimate of drug-likeness (QED) is 0.220. The Morgan fingerprint density at radius 1 is 1.48 bits per heavy atom. The number of aliphatic hydroxyl groups is 1. The van der Waals surface area contributed by atoms with Crippen molar-refractivity contribution in [3.63, 3.8) is 0 Å². The molecule has 0 radical (unpaired) electrons. The zero-order chi connectivity index (χ0) is 23.3. The minimum Gasteiger partial charge on any atom is -0.392 e. The molecule has 0 amide bonds. The van der Waals surface area contributed by atoms with E-state index in [0.717, 1.165) is 11.8 Å². The molecule has 1 aliphatic rings. The van der Waals surface area contributed by atoms with E-state index in [-0.39, 0.29) is 29.8 Å². The molecule has 5 N–H and O–H groups in total. The number of aromatic nitrogens is 2. The third-order valence-electron chi connectivity index (χ3n) is 4.80. The van der Waals surface area contributed by atoms with Crippen molar-refractivity contribution in [3.05, 3.63) is 28.3 Å². The topological polar surface area (TPSA) is 160 Å². The second-order valence-corrected chi connectivity index (χ2v) is 10.9. The Balaban J connectivity index is 2.02. The van der Waals surface area contributed by atoms with Crippen molar-refractivity contribution in [3.8, 4) is 0 Å². The van der Waals surface area contributed by atoms with Gasteiger partial charge in [0.05, 0.1) is 25.4 Å². The number of nitrogen functional groups attached to an aromatic ring is 1. The summed E-state index contributed by atoms with van der Waals surface area (Å²) in [5.41, 5.74) is 5.91. The fraction of sp³-hybridized carbons (Fsp3) is 0.611. The first-order valence-electron chi connectivity index (χ1n) is 9.64. The number of H-pyrrole nitrogens is 1. The molecule has 1 unspecified atom stereocenters. The number of aromatic amines is 1. The number of aliphatic hydroxyl groups excluding tert-OH is 1. The highest BCUT2D eigenvalue weighted by Crippen LogP contribution is 2.51. The van der Waals surface area contributed by atoms with Crippen molar-refractivity contribution in [1.29, 1.82) is 0 Å². The van der Waals surface area contributed by atoms with Gasteiger partial charge in [0.15, 0.2) is 10.9 Å². The average molecular weight is 476 g/mol.